The first-order valence-electron chi connectivity index (χ1n) is 29.2. The van der Waals surface area contributed by atoms with Crippen LogP contribution in [0.2, 0.25) is 0 Å². The fraction of sp³-hybridized carbons (Fsp3) is 0.882. The fourth-order valence-electron chi connectivity index (χ4n) is 9.21. The highest BCUT2D eigenvalue weighted by Gasteiger charge is 2.37. The molecule has 4 saturated carbocycles. The van der Waals surface area contributed by atoms with E-state index in [0.717, 1.165) is 116 Å². The highest BCUT2D eigenvalue weighted by atomic mass is 16.6. The van der Waals surface area contributed by atoms with Crippen molar-refractivity contribution >= 4 is 47.8 Å². The molecule has 0 amide bonds. The van der Waals surface area contributed by atoms with Gasteiger partial charge in [0.2, 0.25) is 0 Å². The Hall–Kier alpha value is -4.24. The molecule has 504 valence electrons. The lowest BCUT2D eigenvalue weighted by Gasteiger charge is -2.36. The second-order valence-corrected chi connectivity index (χ2v) is 23.6. The Morgan fingerprint density at radius 1 is 0.357 bits per heavy atom. The largest absolute Gasteiger partial charge is 0.457 e. The minimum absolute atomic E-state index is 0. The van der Waals surface area contributed by atoms with Gasteiger partial charge in [-0.15, -0.1) is 0 Å². The van der Waals surface area contributed by atoms with Crippen molar-refractivity contribution in [3.63, 3.8) is 0 Å². The molecule has 4 aliphatic carbocycles. The lowest BCUT2D eigenvalue weighted by Crippen LogP contribution is -2.38. The summed E-state index contributed by atoms with van der Waals surface area (Å²) in [7, 11) is 0. The zero-order valence-electron chi connectivity index (χ0n) is 49.9. The molecule has 2 unspecified atom stereocenters. The molecule has 0 saturated heterocycles. The second kappa shape index (κ2) is 47.9. The van der Waals surface area contributed by atoms with Crippen LogP contribution in [0.25, 0.3) is 0 Å². The number of carbonyl (C=O) groups is 8. The van der Waals surface area contributed by atoms with E-state index in [4.69, 9.17) is 37.9 Å². The summed E-state index contributed by atoms with van der Waals surface area (Å²) in [4.78, 5) is 93.5. The van der Waals surface area contributed by atoms with Crippen LogP contribution in [-0.2, 0) is 76.3 Å². The lowest BCUT2D eigenvalue weighted by molar-refractivity contribution is -0.176. The molecular weight excluding hydrogens is 1070 g/mol. The van der Waals surface area contributed by atoms with Crippen LogP contribution in [0.15, 0.2) is 0 Å². The maximum atomic E-state index is 11.9. The third kappa shape index (κ3) is 36.7. The molecule has 4 fully saturated rings. The van der Waals surface area contributed by atoms with Crippen LogP contribution >= 0.6 is 0 Å². The number of esters is 8. The summed E-state index contributed by atoms with van der Waals surface area (Å²) in [5.74, 6) is -3.38. The Bertz CT molecular complexity index is 1780. The molecular formula is C68H136O16. The highest BCUT2D eigenvalue weighted by Crippen LogP contribution is 2.36. The smallest absolute Gasteiger partial charge is 0.344 e. The molecule has 16 nitrogen and oxygen atoms in total. The number of hydrogen-bond acceptors (Lipinski definition) is 16. The molecule has 0 aromatic heterocycles. The molecule has 0 aliphatic heterocycles. The van der Waals surface area contributed by atoms with Gasteiger partial charge < -0.3 is 37.9 Å². The molecule has 0 aromatic carbocycles. The number of rotatable bonds is 22. The van der Waals surface area contributed by atoms with Crippen molar-refractivity contribution in [3.05, 3.63) is 0 Å². The summed E-state index contributed by atoms with van der Waals surface area (Å²) in [5.41, 5.74) is -2.48. The van der Waals surface area contributed by atoms with Gasteiger partial charge in [0, 0.05) is 0 Å². The van der Waals surface area contributed by atoms with E-state index < -0.39 is 34.7 Å². The molecule has 0 bridgehead atoms. The number of hydrogen-bond donors (Lipinski definition) is 0. The SMILES string of the molecule is C.C.C.C.C.C.C.C.CCC(C)(C)C(=O)OCC(=O)OC1(C)CCCCC1.CCC(C)C(=O)OCC(=O)OC1(C)CCCCC1.CCC(C)C(=O)OCC(=O)OC1(CC)CCCCC1.CCC1(OC(=O)COC(=O)C(C)(C)CC)CCCCC1. The average molecular weight is 1210 g/mol. The van der Waals surface area contributed by atoms with Crippen molar-refractivity contribution < 1.29 is 76.3 Å². The average Bonchev–Trinajstić information content (AvgIpc) is 3.40. The predicted octanol–water partition coefficient (Wildman–Crippen LogP) is 18.0. The van der Waals surface area contributed by atoms with Gasteiger partial charge >= 0.3 is 47.8 Å². The van der Waals surface area contributed by atoms with Crippen LogP contribution in [0.4, 0.5) is 0 Å². The van der Waals surface area contributed by atoms with Crippen molar-refractivity contribution in [3.8, 4) is 0 Å². The molecule has 4 aliphatic rings. The maximum absolute atomic E-state index is 11.9. The van der Waals surface area contributed by atoms with E-state index in [-0.39, 0.29) is 144 Å². The van der Waals surface area contributed by atoms with Gasteiger partial charge in [0.05, 0.1) is 22.7 Å². The Kier molecular flexibility index (Phi) is 54.7. The normalized spacial score (nSPS) is 17.3. The third-order valence-electron chi connectivity index (χ3n) is 16.2. The molecule has 0 N–H and O–H groups in total. The zero-order valence-corrected chi connectivity index (χ0v) is 49.9. The first kappa shape index (κ1) is 96.1. The minimum atomic E-state index is -0.548. The highest BCUT2D eigenvalue weighted by molar-refractivity contribution is 5.81. The molecule has 0 heterocycles. The second-order valence-electron chi connectivity index (χ2n) is 23.6. The van der Waals surface area contributed by atoms with Crippen LogP contribution in [0.5, 0.6) is 0 Å². The summed E-state index contributed by atoms with van der Waals surface area (Å²) in [6, 6.07) is 0. The van der Waals surface area contributed by atoms with E-state index in [1.807, 2.05) is 83.1 Å². The van der Waals surface area contributed by atoms with Crippen molar-refractivity contribution in [2.24, 2.45) is 22.7 Å². The van der Waals surface area contributed by atoms with Gasteiger partial charge in [-0.2, -0.15) is 0 Å². The number of ether oxygens (including phenoxy) is 8. The van der Waals surface area contributed by atoms with Crippen molar-refractivity contribution in [2.75, 3.05) is 26.4 Å². The summed E-state index contributed by atoms with van der Waals surface area (Å²) >= 11 is 0. The van der Waals surface area contributed by atoms with E-state index in [1.165, 1.54) is 25.7 Å². The van der Waals surface area contributed by atoms with Gasteiger partial charge in [0.1, 0.15) is 22.4 Å². The van der Waals surface area contributed by atoms with Gasteiger partial charge in [-0.1, -0.05) is 140 Å². The first-order valence-corrected chi connectivity index (χ1v) is 29.2. The standard InChI is InChI=1S/C16H28O4.2C15H26O4.C14H24O4.8CH4/c1-5-15(3,4)14(18)19-12-13(17)20-16(6-2)10-8-7-9-11-16;1-5-14(2,3)13(17)18-11-12(16)19-15(4)9-7-6-8-10-15;1-4-12(3)14(17)18-11-13(16)19-15(5-2)9-7-6-8-10-15;1-4-11(2)13(16)17-10-12(15)18-14(3)8-6-5-7-9-14;;;;;;;;/h5-12H2,1-4H3;5-11H2,1-4H3;12H,4-11H2,1-3H3;11H,4-10H2,1-3H3;8*1H4. The van der Waals surface area contributed by atoms with Gasteiger partial charge in [-0.25, -0.2) is 19.2 Å². The Morgan fingerprint density at radius 3 is 0.810 bits per heavy atom. The van der Waals surface area contributed by atoms with Gasteiger partial charge in [-0.3, -0.25) is 19.2 Å². The van der Waals surface area contributed by atoms with Gasteiger partial charge in [0.25, 0.3) is 0 Å². The molecule has 2 atom stereocenters. The molecule has 16 heteroatoms. The third-order valence-corrected chi connectivity index (χ3v) is 16.2. The van der Waals surface area contributed by atoms with Crippen LogP contribution < -0.4 is 0 Å². The Labute approximate surface area is 516 Å². The first-order chi connectivity index (χ1) is 35.6. The van der Waals surface area contributed by atoms with Gasteiger partial charge in [0.15, 0.2) is 26.4 Å². The van der Waals surface area contributed by atoms with E-state index in [0.29, 0.717) is 25.7 Å². The fourth-order valence-corrected chi connectivity index (χ4v) is 9.21. The zero-order chi connectivity index (χ0) is 57.6. The topological polar surface area (TPSA) is 210 Å². The minimum Gasteiger partial charge on any atom is -0.457 e. The summed E-state index contributed by atoms with van der Waals surface area (Å²) in [6.45, 7) is 25.4. The van der Waals surface area contributed by atoms with Crippen LogP contribution in [0, 0.1) is 22.7 Å². The molecule has 4 rings (SSSR count). The summed E-state index contributed by atoms with van der Waals surface area (Å²) in [5, 5.41) is 0. The van der Waals surface area contributed by atoms with E-state index in [9.17, 15) is 38.4 Å². The van der Waals surface area contributed by atoms with E-state index in [1.54, 1.807) is 13.8 Å². The van der Waals surface area contributed by atoms with Crippen LogP contribution in [0.3, 0.4) is 0 Å². The monoisotopic (exact) mass is 1210 g/mol. The molecule has 0 spiro atoms. The number of carbonyl (C=O) groups excluding carboxylic acids is 8. The maximum Gasteiger partial charge on any atom is 0.344 e. The van der Waals surface area contributed by atoms with Crippen molar-refractivity contribution in [1.82, 2.24) is 0 Å². The Balaban J connectivity index is -0.000000148. The summed E-state index contributed by atoms with van der Waals surface area (Å²) < 4.78 is 42.1. The molecule has 84 heavy (non-hydrogen) atoms. The van der Waals surface area contributed by atoms with Crippen LogP contribution in [0.1, 0.15) is 323 Å². The Morgan fingerprint density at radius 2 is 0.583 bits per heavy atom. The quantitative estimate of drug-likeness (QED) is 0.0729. The van der Waals surface area contributed by atoms with Gasteiger partial charge in [-0.05, 0) is 183 Å². The van der Waals surface area contributed by atoms with E-state index >= 15 is 0 Å². The summed E-state index contributed by atoms with van der Waals surface area (Å²) in [6.07, 6.45) is 25.3. The van der Waals surface area contributed by atoms with Crippen molar-refractivity contribution in [2.45, 2.75) is 346 Å². The molecule has 0 aromatic rings. The predicted molar refractivity (Wildman–Crippen MR) is 344 cm³/mol. The lowest BCUT2D eigenvalue weighted by atomic mass is 9.83. The van der Waals surface area contributed by atoms with E-state index in [2.05, 4.69) is 0 Å². The van der Waals surface area contributed by atoms with Crippen molar-refractivity contribution in [1.29, 1.82) is 0 Å². The molecule has 0 radical (unpaired) electrons. The van der Waals surface area contributed by atoms with Crippen LogP contribution in [-0.4, -0.2) is 96.6 Å².